The van der Waals surface area contributed by atoms with Crippen LogP contribution in [0, 0.1) is 0 Å². The van der Waals surface area contributed by atoms with Crippen LogP contribution in [0.1, 0.15) is 58.8 Å². The van der Waals surface area contributed by atoms with Gasteiger partial charge in [0.15, 0.2) is 11.6 Å². The van der Waals surface area contributed by atoms with Crippen molar-refractivity contribution in [1.82, 2.24) is 0 Å². The van der Waals surface area contributed by atoms with E-state index in [4.69, 9.17) is 18.9 Å². The summed E-state index contributed by atoms with van der Waals surface area (Å²) in [5.74, 6) is -1.28. The molecule has 0 aromatic heterocycles. The minimum Gasteiger partial charge on any atom is -0.469 e. The van der Waals surface area contributed by atoms with Crippen molar-refractivity contribution in [1.29, 1.82) is 0 Å². The molecule has 3 rings (SSSR count). The highest BCUT2D eigenvalue weighted by Crippen LogP contribution is 2.43. The Balaban J connectivity index is 1.66. The minimum atomic E-state index is -0.588. The van der Waals surface area contributed by atoms with Gasteiger partial charge in [-0.2, -0.15) is 0 Å². The van der Waals surface area contributed by atoms with Crippen LogP contribution in [0.4, 0.5) is 0 Å². The molecule has 0 N–H and O–H groups in total. The highest BCUT2D eigenvalue weighted by molar-refractivity contribution is 5.69. The first-order valence-corrected chi connectivity index (χ1v) is 9.34. The van der Waals surface area contributed by atoms with E-state index in [0.717, 1.165) is 25.7 Å². The van der Waals surface area contributed by atoms with Crippen LogP contribution in [0.3, 0.4) is 0 Å². The largest absolute Gasteiger partial charge is 0.469 e. The molecular formula is C19H30O6. The molecule has 0 bridgehead atoms. The van der Waals surface area contributed by atoms with Gasteiger partial charge < -0.3 is 23.7 Å². The highest BCUT2D eigenvalue weighted by atomic mass is 16.8. The molecular weight excluding hydrogens is 324 g/mol. The Labute approximate surface area is 149 Å². The maximum atomic E-state index is 11.2. The summed E-state index contributed by atoms with van der Waals surface area (Å²) in [6.07, 6.45) is 9.78. The predicted molar refractivity (Wildman–Crippen MR) is 90.9 cm³/mol. The van der Waals surface area contributed by atoms with Gasteiger partial charge >= 0.3 is 5.97 Å². The standard InChI is InChI=1S/C19H30O6/c1-18(2)22-13-15(23-18)17-14(9-5-6-10-16(20)21-3)24-19(25-17)11-7-4-8-12-19/h5,9,14-15,17H,4,6-8,10-13H2,1-3H3/t14-,15+,17-/m0/s1. The van der Waals surface area contributed by atoms with E-state index in [2.05, 4.69) is 4.74 Å². The molecule has 2 saturated heterocycles. The summed E-state index contributed by atoms with van der Waals surface area (Å²) in [5.41, 5.74) is 0. The van der Waals surface area contributed by atoms with Gasteiger partial charge in [0.1, 0.15) is 18.3 Å². The van der Waals surface area contributed by atoms with E-state index in [-0.39, 0.29) is 24.3 Å². The molecule has 0 aromatic rings. The van der Waals surface area contributed by atoms with Gasteiger partial charge in [-0.15, -0.1) is 0 Å². The van der Waals surface area contributed by atoms with E-state index in [1.807, 2.05) is 26.0 Å². The van der Waals surface area contributed by atoms with E-state index >= 15 is 0 Å². The summed E-state index contributed by atoms with van der Waals surface area (Å²) in [6, 6.07) is 0. The van der Waals surface area contributed by atoms with Gasteiger partial charge in [-0.1, -0.05) is 18.6 Å². The minimum absolute atomic E-state index is 0.147. The second-order valence-corrected chi connectivity index (χ2v) is 7.55. The summed E-state index contributed by atoms with van der Waals surface area (Å²) in [7, 11) is 1.40. The summed E-state index contributed by atoms with van der Waals surface area (Å²) >= 11 is 0. The van der Waals surface area contributed by atoms with Crippen molar-refractivity contribution in [3.05, 3.63) is 12.2 Å². The Morgan fingerprint density at radius 1 is 1.16 bits per heavy atom. The monoisotopic (exact) mass is 354 g/mol. The molecule has 0 unspecified atom stereocenters. The Morgan fingerprint density at radius 2 is 1.92 bits per heavy atom. The second-order valence-electron chi connectivity index (χ2n) is 7.55. The average Bonchev–Trinajstić information content (AvgIpc) is 3.12. The fourth-order valence-electron chi connectivity index (χ4n) is 3.83. The third-order valence-corrected chi connectivity index (χ3v) is 5.11. The zero-order valence-electron chi connectivity index (χ0n) is 15.5. The van der Waals surface area contributed by atoms with Gasteiger partial charge in [0.25, 0.3) is 0 Å². The molecule has 2 aliphatic heterocycles. The van der Waals surface area contributed by atoms with Gasteiger partial charge in [-0.25, -0.2) is 0 Å². The molecule has 6 heteroatoms. The van der Waals surface area contributed by atoms with Crippen molar-refractivity contribution >= 4 is 5.97 Å². The molecule has 1 aliphatic carbocycles. The van der Waals surface area contributed by atoms with Crippen molar-refractivity contribution in [2.45, 2.75) is 88.7 Å². The Kier molecular flexibility index (Phi) is 5.83. The molecule has 1 saturated carbocycles. The first-order chi connectivity index (χ1) is 11.9. The number of allylic oxidation sites excluding steroid dienone is 1. The summed E-state index contributed by atoms with van der Waals surface area (Å²) < 4.78 is 29.2. The summed E-state index contributed by atoms with van der Waals surface area (Å²) in [5, 5.41) is 0. The van der Waals surface area contributed by atoms with Crippen LogP contribution in [-0.4, -0.2) is 49.6 Å². The van der Waals surface area contributed by atoms with E-state index in [9.17, 15) is 4.79 Å². The maximum Gasteiger partial charge on any atom is 0.305 e. The molecule has 0 aromatic carbocycles. The molecule has 2 heterocycles. The third-order valence-electron chi connectivity index (χ3n) is 5.11. The fraction of sp³-hybridized carbons (Fsp3) is 0.842. The van der Waals surface area contributed by atoms with E-state index in [1.54, 1.807) is 0 Å². The molecule has 1 spiro atoms. The summed E-state index contributed by atoms with van der Waals surface area (Å²) in [6.45, 7) is 4.34. The predicted octanol–water partition coefficient (Wildman–Crippen LogP) is 3.09. The van der Waals surface area contributed by atoms with Crippen LogP contribution >= 0.6 is 0 Å². The van der Waals surface area contributed by atoms with Gasteiger partial charge in [0, 0.05) is 19.3 Å². The van der Waals surface area contributed by atoms with Crippen molar-refractivity contribution in [2.75, 3.05) is 13.7 Å². The van der Waals surface area contributed by atoms with Crippen LogP contribution in [0.25, 0.3) is 0 Å². The molecule has 0 radical (unpaired) electrons. The molecule has 3 aliphatic rings. The highest BCUT2D eigenvalue weighted by Gasteiger charge is 2.52. The first kappa shape index (κ1) is 18.8. The molecule has 3 fully saturated rings. The Bertz CT molecular complexity index is 494. The van der Waals surface area contributed by atoms with Crippen LogP contribution < -0.4 is 0 Å². The number of ether oxygens (including phenoxy) is 5. The normalized spacial score (nSPS) is 34.0. The van der Waals surface area contributed by atoms with Gasteiger partial charge in [0.2, 0.25) is 0 Å². The van der Waals surface area contributed by atoms with Crippen LogP contribution in [0.15, 0.2) is 12.2 Å². The Morgan fingerprint density at radius 3 is 2.56 bits per heavy atom. The number of methoxy groups -OCH3 is 1. The average molecular weight is 354 g/mol. The van der Waals surface area contributed by atoms with Crippen molar-refractivity contribution in [3.63, 3.8) is 0 Å². The number of hydrogen-bond donors (Lipinski definition) is 0. The summed E-state index contributed by atoms with van der Waals surface area (Å²) in [4.78, 5) is 11.2. The van der Waals surface area contributed by atoms with E-state index < -0.39 is 11.6 Å². The Hall–Kier alpha value is -0.950. The lowest BCUT2D eigenvalue weighted by atomic mass is 9.94. The van der Waals surface area contributed by atoms with Gasteiger partial charge in [-0.05, 0) is 33.1 Å². The lowest BCUT2D eigenvalue weighted by Gasteiger charge is -2.32. The van der Waals surface area contributed by atoms with Gasteiger partial charge in [0.05, 0.1) is 13.7 Å². The molecule has 25 heavy (non-hydrogen) atoms. The molecule has 6 nitrogen and oxygen atoms in total. The second kappa shape index (κ2) is 7.74. The SMILES string of the molecule is COC(=O)CCC=C[C@@H]1OC2(CCCCC2)O[C@@H]1[C@H]1COC(C)(C)O1. The fourth-order valence-corrected chi connectivity index (χ4v) is 3.83. The number of rotatable bonds is 5. The third kappa shape index (κ3) is 4.61. The smallest absolute Gasteiger partial charge is 0.305 e. The zero-order valence-corrected chi connectivity index (χ0v) is 15.5. The van der Waals surface area contributed by atoms with Gasteiger partial charge in [-0.3, -0.25) is 4.79 Å². The van der Waals surface area contributed by atoms with E-state index in [0.29, 0.717) is 19.4 Å². The number of esters is 1. The van der Waals surface area contributed by atoms with Crippen molar-refractivity contribution in [3.8, 4) is 0 Å². The number of carbonyl (C=O) groups excluding carboxylic acids is 1. The molecule has 3 atom stereocenters. The lowest BCUT2D eigenvalue weighted by molar-refractivity contribution is -0.205. The first-order valence-electron chi connectivity index (χ1n) is 9.34. The number of hydrogen-bond acceptors (Lipinski definition) is 6. The van der Waals surface area contributed by atoms with E-state index in [1.165, 1.54) is 13.5 Å². The zero-order chi connectivity index (χ0) is 17.9. The van der Waals surface area contributed by atoms with Crippen LogP contribution in [0.5, 0.6) is 0 Å². The quantitative estimate of drug-likeness (QED) is 0.558. The number of carbonyl (C=O) groups is 1. The molecule has 0 amide bonds. The topological polar surface area (TPSA) is 63.2 Å². The van der Waals surface area contributed by atoms with Crippen LogP contribution in [0.2, 0.25) is 0 Å². The van der Waals surface area contributed by atoms with Crippen molar-refractivity contribution in [2.24, 2.45) is 0 Å². The van der Waals surface area contributed by atoms with Crippen LogP contribution in [-0.2, 0) is 28.5 Å². The van der Waals surface area contributed by atoms with Crippen molar-refractivity contribution < 1.29 is 28.5 Å². The lowest BCUT2D eigenvalue weighted by Crippen LogP contribution is -2.38. The maximum absolute atomic E-state index is 11.2. The molecule has 142 valence electrons.